The summed E-state index contributed by atoms with van der Waals surface area (Å²) in [5.41, 5.74) is 2.63. The van der Waals surface area contributed by atoms with Gasteiger partial charge in [0.05, 0.1) is 24.9 Å². The zero-order valence-electron chi connectivity index (χ0n) is 22.2. The molecule has 2 fully saturated rings. The van der Waals surface area contributed by atoms with Crippen molar-refractivity contribution in [3.05, 3.63) is 137 Å². The summed E-state index contributed by atoms with van der Waals surface area (Å²) in [7, 11) is 0. The second kappa shape index (κ2) is 9.78. The lowest BCUT2D eigenvalue weighted by Crippen LogP contribution is -2.55. The van der Waals surface area contributed by atoms with Crippen LogP contribution in [0.4, 0.5) is 10.1 Å². The van der Waals surface area contributed by atoms with Gasteiger partial charge in [-0.25, -0.2) is 4.39 Å². The summed E-state index contributed by atoms with van der Waals surface area (Å²) < 4.78 is 13.6. The molecule has 0 aromatic heterocycles. The minimum atomic E-state index is -1.39. The topological polar surface area (TPSA) is 69.7 Å². The molecule has 3 amide bonds. The van der Waals surface area contributed by atoms with Crippen molar-refractivity contribution in [1.82, 2.24) is 10.2 Å². The lowest BCUT2D eigenvalue weighted by molar-refractivity contribution is -0.143. The third-order valence-electron chi connectivity index (χ3n) is 8.69. The number of rotatable bonds is 6. The lowest BCUT2D eigenvalue weighted by Gasteiger charge is -2.31. The minimum Gasteiger partial charge on any atom is -0.306 e. The number of likely N-dealkylation sites (tertiary alicyclic amines) is 1. The summed E-state index contributed by atoms with van der Waals surface area (Å²) in [5.74, 6) is -2.80. The van der Waals surface area contributed by atoms with Crippen molar-refractivity contribution in [3.8, 4) is 0 Å². The third kappa shape index (κ3) is 3.99. The van der Waals surface area contributed by atoms with Gasteiger partial charge >= 0.3 is 0 Å². The van der Waals surface area contributed by atoms with Crippen LogP contribution < -0.4 is 10.2 Å². The van der Waals surface area contributed by atoms with Crippen molar-refractivity contribution in [2.45, 2.75) is 31.1 Å². The monoisotopic (exact) mass is 545 g/mol. The third-order valence-corrected chi connectivity index (χ3v) is 8.69. The molecule has 4 unspecified atom stereocenters. The van der Waals surface area contributed by atoms with E-state index in [9.17, 15) is 18.8 Å². The Morgan fingerprint density at radius 3 is 1.95 bits per heavy atom. The normalized spacial score (nSPS) is 24.8. The second-order valence-corrected chi connectivity index (χ2v) is 11.0. The van der Waals surface area contributed by atoms with Crippen LogP contribution in [0.15, 0.2) is 109 Å². The summed E-state index contributed by atoms with van der Waals surface area (Å²) in [4.78, 5) is 46.0. The van der Waals surface area contributed by atoms with Gasteiger partial charge in [0.1, 0.15) is 11.4 Å². The van der Waals surface area contributed by atoms with Gasteiger partial charge in [0.25, 0.3) is 5.91 Å². The Hall–Kier alpha value is -4.62. The van der Waals surface area contributed by atoms with Gasteiger partial charge in [0.15, 0.2) is 0 Å². The zero-order chi connectivity index (χ0) is 28.1. The molecule has 4 atom stereocenters. The van der Waals surface area contributed by atoms with E-state index in [1.807, 2.05) is 84.9 Å². The highest BCUT2D eigenvalue weighted by Gasteiger charge is 2.71. The zero-order valence-corrected chi connectivity index (χ0v) is 22.2. The molecule has 3 aliphatic rings. The molecule has 0 saturated carbocycles. The summed E-state index contributed by atoms with van der Waals surface area (Å²) in [6, 6.07) is 32.4. The molecule has 4 aromatic carbocycles. The van der Waals surface area contributed by atoms with Crippen LogP contribution in [-0.4, -0.2) is 28.7 Å². The second-order valence-electron chi connectivity index (χ2n) is 11.0. The predicted octanol–water partition coefficient (Wildman–Crippen LogP) is 4.58. The van der Waals surface area contributed by atoms with E-state index < -0.39 is 23.4 Å². The van der Waals surface area contributed by atoms with Crippen molar-refractivity contribution in [2.24, 2.45) is 11.8 Å². The van der Waals surface area contributed by atoms with Crippen molar-refractivity contribution in [2.75, 3.05) is 4.90 Å². The maximum atomic E-state index is 14.6. The Balaban J connectivity index is 1.33. The molecule has 6 nitrogen and oxygen atoms in total. The first-order valence-corrected chi connectivity index (χ1v) is 13.8. The maximum absolute atomic E-state index is 14.6. The van der Waals surface area contributed by atoms with Gasteiger partial charge in [-0.2, -0.15) is 0 Å². The molecule has 1 spiro atoms. The Kier molecular flexibility index (Phi) is 6.05. The number of carbonyl (C=O) groups excluding carboxylic acids is 3. The average Bonchev–Trinajstić information content (AvgIpc) is 3.55. The molecule has 7 rings (SSSR count). The Morgan fingerprint density at radius 2 is 1.24 bits per heavy atom. The van der Waals surface area contributed by atoms with Crippen LogP contribution in [-0.2, 0) is 39.4 Å². The number of para-hydroxylation sites is 1. The van der Waals surface area contributed by atoms with Crippen LogP contribution in [0.3, 0.4) is 0 Å². The molecule has 3 heterocycles. The predicted molar refractivity (Wildman–Crippen MR) is 152 cm³/mol. The largest absolute Gasteiger partial charge is 0.306 e. The van der Waals surface area contributed by atoms with E-state index in [0.717, 1.165) is 16.7 Å². The van der Waals surface area contributed by atoms with E-state index >= 15 is 0 Å². The Labute approximate surface area is 237 Å². The number of nitrogens with zero attached hydrogens (tertiary/aromatic N) is 2. The first-order valence-electron chi connectivity index (χ1n) is 13.8. The summed E-state index contributed by atoms with van der Waals surface area (Å²) >= 11 is 0. The number of imide groups is 1. The Bertz CT molecular complexity index is 1640. The number of hydrogen-bond acceptors (Lipinski definition) is 4. The standard InChI is InChI=1S/C34H28FN3O3/c35-25-17-15-24(16-18-25)20-37-28-14-8-7-13-26(28)34(33(37)41)30-29(27(36-34)19-22-9-3-1-4-10-22)31(39)38(32(30)40)21-23-11-5-2-6-12-23/h1-18,27,29-30,36H,19-21H2. The fourth-order valence-electron chi connectivity index (χ4n) is 6.90. The number of halogens is 1. The first-order chi connectivity index (χ1) is 20.0. The molecule has 1 N–H and O–H groups in total. The Morgan fingerprint density at radius 1 is 0.659 bits per heavy atom. The molecule has 0 bridgehead atoms. The van der Waals surface area contributed by atoms with E-state index in [1.165, 1.54) is 17.0 Å². The fraction of sp³-hybridized carbons (Fsp3) is 0.206. The number of hydrogen-bond donors (Lipinski definition) is 1. The molecule has 0 aliphatic carbocycles. The van der Waals surface area contributed by atoms with Crippen LogP contribution in [0, 0.1) is 17.7 Å². The lowest BCUT2D eigenvalue weighted by atomic mass is 9.76. The molecule has 3 aliphatic heterocycles. The molecule has 204 valence electrons. The molecule has 2 saturated heterocycles. The van der Waals surface area contributed by atoms with Crippen LogP contribution >= 0.6 is 0 Å². The molecule has 0 radical (unpaired) electrons. The van der Waals surface area contributed by atoms with Crippen LogP contribution in [0.25, 0.3) is 0 Å². The van der Waals surface area contributed by atoms with Crippen LogP contribution in [0.2, 0.25) is 0 Å². The maximum Gasteiger partial charge on any atom is 0.253 e. The van der Waals surface area contributed by atoms with E-state index in [1.54, 1.807) is 17.0 Å². The molecule has 4 aromatic rings. The molecule has 7 heteroatoms. The van der Waals surface area contributed by atoms with Gasteiger partial charge in [0.2, 0.25) is 11.8 Å². The summed E-state index contributed by atoms with van der Waals surface area (Å²) in [6.07, 6.45) is 0.495. The van der Waals surface area contributed by atoms with Crippen molar-refractivity contribution >= 4 is 23.4 Å². The number of anilines is 1. The minimum absolute atomic E-state index is 0.161. The number of nitrogens with one attached hydrogen (secondary N) is 1. The van der Waals surface area contributed by atoms with Gasteiger partial charge in [-0.05, 0) is 41.3 Å². The van der Waals surface area contributed by atoms with E-state index in [0.29, 0.717) is 17.7 Å². The van der Waals surface area contributed by atoms with Gasteiger partial charge < -0.3 is 4.90 Å². The van der Waals surface area contributed by atoms with E-state index in [4.69, 9.17) is 0 Å². The highest BCUT2D eigenvalue weighted by Crippen LogP contribution is 2.55. The van der Waals surface area contributed by atoms with E-state index in [2.05, 4.69) is 5.32 Å². The van der Waals surface area contributed by atoms with Crippen molar-refractivity contribution in [3.63, 3.8) is 0 Å². The molecular formula is C34H28FN3O3. The van der Waals surface area contributed by atoms with Gasteiger partial charge in [-0.1, -0.05) is 91.0 Å². The van der Waals surface area contributed by atoms with Crippen molar-refractivity contribution < 1.29 is 18.8 Å². The van der Waals surface area contributed by atoms with E-state index in [-0.39, 0.29) is 36.6 Å². The number of benzene rings is 4. The summed E-state index contributed by atoms with van der Waals surface area (Å²) in [5, 5.41) is 3.57. The smallest absolute Gasteiger partial charge is 0.253 e. The molecule has 41 heavy (non-hydrogen) atoms. The van der Waals surface area contributed by atoms with Crippen LogP contribution in [0.1, 0.15) is 22.3 Å². The van der Waals surface area contributed by atoms with Gasteiger partial charge in [-0.15, -0.1) is 0 Å². The summed E-state index contributed by atoms with van der Waals surface area (Å²) in [6.45, 7) is 0.380. The first kappa shape index (κ1) is 25.4. The highest BCUT2D eigenvalue weighted by molar-refractivity contribution is 6.16. The highest BCUT2D eigenvalue weighted by atomic mass is 19.1. The number of amides is 3. The number of carbonyl (C=O) groups is 3. The SMILES string of the molecule is O=C1C2C(Cc3ccccc3)NC3(C(=O)N(Cc4ccc(F)cc4)c4ccccc43)C2C(=O)N1Cc1ccccc1. The van der Waals surface area contributed by atoms with Crippen molar-refractivity contribution in [1.29, 1.82) is 0 Å². The molecular weight excluding hydrogens is 517 g/mol. The van der Waals surface area contributed by atoms with Crippen LogP contribution in [0.5, 0.6) is 0 Å². The average molecular weight is 546 g/mol. The van der Waals surface area contributed by atoms with Gasteiger partial charge in [-0.3, -0.25) is 24.6 Å². The fourth-order valence-corrected chi connectivity index (χ4v) is 6.90. The number of fused-ring (bicyclic) bond motifs is 4. The quantitative estimate of drug-likeness (QED) is 0.360. The van der Waals surface area contributed by atoms with Gasteiger partial charge in [0, 0.05) is 17.3 Å².